The molecule has 110 valence electrons. The largest absolute Gasteiger partial charge is 0.354 e. The standard InChI is InChI=1S/C16H17BrClN3/c17-14-3-1-13(2-4-14)12-20-7-9-21(10-8-20)16-6-5-15(18)11-19-16/h1-6,11H,7-10,12H2. The monoisotopic (exact) mass is 365 g/mol. The third-order valence-electron chi connectivity index (χ3n) is 3.73. The molecular formula is C16H17BrClN3. The van der Waals surface area contributed by atoms with Gasteiger partial charge in [0.15, 0.2) is 0 Å². The fourth-order valence-corrected chi connectivity index (χ4v) is 2.91. The van der Waals surface area contributed by atoms with E-state index in [0.29, 0.717) is 5.02 Å². The Hall–Kier alpha value is -1.10. The molecule has 0 atom stereocenters. The molecule has 1 saturated heterocycles. The Morgan fingerprint density at radius 3 is 2.33 bits per heavy atom. The second-order valence-corrected chi connectivity index (χ2v) is 6.58. The van der Waals surface area contributed by atoms with Crippen molar-refractivity contribution in [1.82, 2.24) is 9.88 Å². The minimum absolute atomic E-state index is 0.688. The van der Waals surface area contributed by atoms with E-state index in [1.54, 1.807) is 6.20 Å². The van der Waals surface area contributed by atoms with Crippen LogP contribution in [0.25, 0.3) is 0 Å². The van der Waals surface area contributed by atoms with Crippen molar-refractivity contribution in [3.63, 3.8) is 0 Å². The van der Waals surface area contributed by atoms with Gasteiger partial charge < -0.3 is 4.90 Å². The topological polar surface area (TPSA) is 19.4 Å². The van der Waals surface area contributed by atoms with Gasteiger partial charge in [0, 0.05) is 43.4 Å². The van der Waals surface area contributed by atoms with Crippen molar-refractivity contribution in [2.45, 2.75) is 6.54 Å². The van der Waals surface area contributed by atoms with E-state index >= 15 is 0 Å². The van der Waals surface area contributed by atoms with E-state index in [2.05, 4.69) is 55.0 Å². The SMILES string of the molecule is Clc1ccc(N2CCN(Cc3ccc(Br)cc3)CC2)nc1. The first-order valence-electron chi connectivity index (χ1n) is 7.04. The van der Waals surface area contributed by atoms with Gasteiger partial charge in [-0.15, -0.1) is 0 Å². The molecule has 0 N–H and O–H groups in total. The number of pyridine rings is 1. The molecule has 0 saturated carbocycles. The Morgan fingerprint density at radius 2 is 1.71 bits per heavy atom. The zero-order chi connectivity index (χ0) is 14.7. The van der Waals surface area contributed by atoms with Crippen molar-refractivity contribution >= 4 is 33.3 Å². The van der Waals surface area contributed by atoms with Crippen molar-refractivity contribution in [2.75, 3.05) is 31.1 Å². The number of piperazine rings is 1. The van der Waals surface area contributed by atoms with E-state index in [0.717, 1.165) is 43.0 Å². The number of anilines is 1. The molecule has 3 rings (SSSR count). The molecule has 2 heterocycles. The van der Waals surface area contributed by atoms with Crippen LogP contribution in [0.5, 0.6) is 0 Å². The van der Waals surface area contributed by atoms with E-state index < -0.39 is 0 Å². The zero-order valence-corrected chi connectivity index (χ0v) is 14.0. The average molecular weight is 367 g/mol. The van der Waals surface area contributed by atoms with Gasteiger partial charge in [0.2, 0.25) is 0 Å². The van der Waals surface area contributed by atoms with Gasteiger partial charge in [0.05, 0.1) is 5.02 Å². The minimum Gasteiger partial charge on any atom is -0.354 e. The van der Waals surface area contributed by atoms with E-state index in [9.17, 15) is 0 Å². The van der Waals surface area contributed by atoms with Crippen molar-refractivity contribution in [3.05, 3.63) is 57.7 Å². The number of hydrogen-bond donors (Lipinski definition) is 0. The second kappa shape index (κ2) is 6.77. The van der Waals surface area contributed by atoms with E-state index in [-0.39, 0.29) is 0 Å². The molecule has 0 aliphatic carbocycles. The minimum atomic E-state index is 0.688. The van der Waals surface area contributed by atoms with Gasteiger partial charge in [-0.2, -0.15) is 0 Å². The zero-order valence-electron chi connectivity index (χ0n) is 11.7. The van der Waals surface area contributed by atoms with Crippen LogP contribution in [-0.4, -0.2) is 36.1 Å². The van der Waals surface area contributed by atoms with Crippen LogP contribution in [0.2, 0.25) is 5.02 Å². The molecule has 0 radical (unpaired) electrons. The summed E-state index contributed by atoms with van der Waals surface area (Å²) in [6.07, 6.45) is 1.71. The fraction of sp³-hybridized carbons (Fsp3) is 0.312. The molecule has 1 aliphatic rings. The Bertz CT molecular complexity index is 577. The van der Waals surface area contributed by atoms with Crippen LogP contribution >= 0.6 is 27.5 Å². The molecule has 1 aromatic carbocycles. The van der Waals surface area contributed by atoms with Crippen LogP contribution in [0.3, 0.4) is 0 Å². The maximum atomic E-state index is 5.88. The lowest BCUT2D eigenvalue weighted by Gasteiger charge is -2.35. The molecule has 0 amide bonds. The lowest BCUT2D eigenvalue weighted by atomic mass is 10.2. The molecule has 1 aliphatic heterocycles. The van der Waals surface area contributed by atoms with E-state index in [1.807, 2.05) is 12.1 Å². The smallest absolute Gasteiger partial charge is 0.128 e. The molecule has 1 aromatic heterocycles. The first kappa shape index (κ1) is 14.8. The Morgan fingerprint density at radius 1 is 1.00 bits per heavy atom. The highest BCUT2D eigenvalue weighted by Gasteiger charge is 2.17. The van der Waals surface area contributed by atoms with Gasteiger partial charge in [-0.25, -0.2) is 4.98 Å². The molecule has 0 spiro atoms. The van der Waals surface area contributed by atoms with Gasteiger partial charge in [-0.1, -0.05) is 39.7 Å². The first-order chi connectivity index (χ1) is 10.2. The summed E-state index contributed by atoms with van der Waals surface area (Å²) < 4.78 is 1.13. The number of nitrogens with zero attached hydrogens (tertiary/aromatic N) is 3. The summed E-state index contributed by atoms with van der Waals surface area (Å²) in [6, 6.07) is 12.5. The summed E-state index contributed by atoms with van der Waals surface area (Å²) in [6.45, 7) is 5.13. The predicted molar refractivity (Wildman–Crippen MR) is 90.9 cm³/mol. The molecule has 1 fully saturated rings. The van der Waals surface area contributed by atoms with Crippen LogP contribution in [0.1, 0.15) is 5.56 Å². The van der Waals surface area contributed by atoms with E-state index in [1.165, 1.54) is 5.56 Å². The predicted octanol–water partition coefficient (Wildman–Crippen LogP) is 3.82. The Labute approximate surface area is 138 Å². The van der Waals surface area contributed by atoms with Gasteiger partial charge in [-0.3, -0.25) is 4.90 Å². The van der Waals surface area contributed by atoms with Gasteiger partial charge in [-0.05, 0) is 29.8 Å². The van der Waals surface area contributed by atoms with Crippen LogP contribution in [-0.2, 0) is 6.54 Å². The molecule has 5 heteroatoms. The van der Waals surface area contributed by atoms with Gasteiger partial charge in [0.25, 0.3) is 0 Å². The molecular weight excluding hydrogens is 350 g/mol. The van der Waals surface area contributed by atoms with E-state index in [4.69, 9.17) is 11.6 Å². The molecule has 0 bridgehead atoms. The van der Waals surface area contributed by atoms with Crippen molar-refractivity contribution in [2.24, 2.45) is 0 Å². The summed E-state index contributed by atoms with van der Waals surface area (Å²) in [5.41, 5.74) is 1.36. The summed E-state index contributed by atoms with van der Waals surface area (Å²) in [5.74, 6) is 1.02. The Kier molecular flexibility index (Phi) is 4.78. The maximum Gasteiger partial charge on any atom is 0.128 e. The molecule has 3 nitrogen and oxygen atoms in total. The number of hydrogen-bond acceptors (Lipinski definition) is 3. The normalized spacial score (nSPS) is 16.2. The number of halogens is 2. The molecule has 2 aromatic rings. The lowest BCUT2D eigenvalue weighted by molar-refractivity contribution is 0.249. The van der Waals surface area contributed by atoms with Crippen LogP contribution in [0, 0.1) is 0 Å². The van der Waals surface area contributed by atoms with Crippen molar-refractivity contribution in [3.8, 4) is 0 Å². The quantitative estimate of drug-likeness (QED) is 0.823. The summed E-state index contributed by atoms with van der Waals surface area (Å²) in [4.78, 5) is 9.19. The third-order valence-corrected chi connectivity index (χ3v) is 4.48. The van der Waals surface area contributed by atoms with Crippen LogP contribution in [0.15, 0.2) is 47.1 Å². The van der Waals surface area contributed by atoms with Crippen molar-refractivity contribution in [1.29, 1.82) is 0 Å². The van der Waals surface area contributed by atoms with Gasteiger partial charge in [0.1, 0.15) is 5.82 Å². The lowest BCUT2D eigenvalue weighted by Crippen LogP contribution is -2.46. The highest BCUT2D eigenvalue weighted by molar-refractivity contribution is 9.10. The molecule has 21 heavy (non-hydrogen) atoms. The van der Waals surface area contributed by atoms with Crippen LogP contribution in [0.4, 0.5) is 5.82 Å². The second-order valence-electron chi connectivity index (χ2n) is 5.22. The third kappa shape index (κ3) is 3.96. The summed E-state index contributed by atoms with van der Waals surface area (Å²) >= 11 is 9.36. The maximum absolute atomic E-state index is 5.88. The summed E-state index contributed by atoms with van der Waals surface area (Å²) in [5, 5.41) is 0.688. The summed E-state index contributed by atoms with van der Waals surface area (Å²) in [7, 11) is 0. The van der Waals surface area contributed by atoms with Crippen LogP contribution < -0.4 is 4.90 Å². The number of aromatic nitrogens is 1. The average Bonchev–Trinajstić information content (AvgIpc) is 2.51. The molecule has 0 unspecified atom stereocenters. The number of benzene rings is 1. The highest BCUT2D eigenvalue weighted by atomic mass is 79.9. The fourth-order valence-electron chi connectivity index (χ4n) is 2.54. The highest BCUT2D eigenvalue weighted by Crippen LogP contribution is 2.18. The van der Waals surface area contributed by atoms with Crippen molar-refractivity contribution < 1.29 is 0 Å². The number of rotatable bonds is 3. The Balaban J connectivity index is 1.55. The first-order valence-corrected chi connectivity index (χ1v) is 8.21. The van der Waals surface area contributed by atoms with Gasteiger partial charge >= 0.3 is 0 Å².